The highest BCUT2D eigenvalue weighted by Gasteiger charge is 2.12. The van der Waals surface area contributed by atoms with Gasteiger partial charge in [-0.15, -0.1) is 0 Å². The second-order valence-electron chi connectivity index (χ2n) is 7.55. The minimum Gasteiger partial charge on any atom is -0.313 e. The topological polar surface area (TPSA) is 28.2 Å². The van der Waals surface area contributed by atoms with Crippen molar-refractivity contribution in [2.45, 2.75) is 33.1 Å². The Balaban J connectivity index is 1.81. The molecule has 2 heterocycles. The summed E-state index contributed by atoms with van der Waals surface area (Å²) in [7, 11) is 0. The first-order chi connectivity index (χ1) is 13.8. The zero-order valence-corrected chi connectivity index (χ0v) is 17.3. The zero-order chi connectivity index (χ0) is 19.6. The molecular weight excluding hydrogens is 342 g/mol. The summed E-state index contributed by atoms with van der Waals surface area (Å²) in [5.74, 6) is 0. The number of aromatic nitrogens is 1. The van der Waals surface area contributed by atoms with Crippen molar-refractivity contribution in [3.8, 4) is 0 Å². The van der Waals surface area contributed by atoms with Gasteiger partial charge in [0, 0.05) is 18.7 Å². The molecule has 0 bridgehead atoms. The van der Waals surface area contributed by atoms with E-state index in [0.29, 0.717) is 0 Å². The molecule has 1 fully saturated rings. The third-order valence-electron chi connectivity index (χ3n) is 5.14. The van der Waals surface area contributed by atoms with Crippen molar-refractivity contribution in [3.63, 3.8) is 0 Å². The van der Waals surface area contributed by atoms with Crippen molar-refractivity contribution < 1.29 is 0 Å². The Kier molecular flexibility index (Phi) is 8.01. The molecular formula is C25H33N3. The highest BCUT2D eigenvalue weighted by molar-refractivity contribution is 5.78. The number of hydrogen-bond donors (Lipinski definition) is 1. The normalized spacial score (nSPS) is 15.6. The highest BCUT2D eigenvalue weighted by atomic mass is 15.1. The smallest absolute Gasteiger partial charge is 0.0712 e. The first-order valence-corrected chi connectivity index (χ1v) is 10.6. The van der Waals surface area contributed by atoms with Crippen LogP contribution in [-0.2, 0) is 0 Å². The van der Waals surface area contributed by atoms with Gasteiger partial charge in [0.15, 0.2) is 0 Å². The second kappa shape index (κ2) is 10.9. The minimum absolute atomic E-state index is 0.884. The van der Waals surface area contributed by atoms with Crippen molar-refractivity contribution in [3.05, 3.63) is 77.1 Å². The third kappa shape index (κ3) is 6.15. The number of nitrogens with one attached hydrogen (secondary N) is 1. The van der Waals surface area contributed by atoms with Crippen LogP contribution in [0.2, 0.25) is 0 Å². The van der Waals surface area contributed by atoms with Gasteiger partial charge >= 0.3 is 0 Å². The van der Waals surface area contributed by atoms with Crippen LogP contribution >= 0.6 is 0 Å². The number of pyridine rings is 1. The molecule has 0 radical (unpaired) electrons. The Morgan fingerprint density at radius 1 is 1.11 bits per heavy atom. The van der Waals surface area contributed by atoms with Gasteiger partial charge in [-0.1, -0.05) is 55.0 Å². The largest absolute Gasteiger partial charge is 0.313 e. The maximum Gasteiger partial charge on any atom is 0.0712 e. The lowest BCUT2D eigenvalue weighted by Gasteiger charge is -2.14. The molecule has 1 saturated heterocycles. The maximum absolute atomic E-state index is 4.93. The molecule has 3 nitrogen and oxygen atoms in total. The number of nitrogens with zero attached hydrogens (tertiary/aromatic N) is 2. The fraction of sp³-hybridized carbons (Fsp3) is 0.400. The van der Waals surface area contributed by atoms with Crippen LogP contribution < -0.4 is 5.32 Å². The van der Waals surface area contributed by atoms with E-state index in [1.165, 1.54) is 42.6 Å². The van der Waals surface area contributed by atoms with E-state index in [9.17, 15) is 0 Å². The van der Waals surface area contributed by atoms with Crippen molar-refractivity contribution >= 4 is 11.6 Å². The lowest BCUT2D eigenvalue weighted by molar-refractivity contribution is 0.377. The molecule has 0 amide bonds. The van der Waals surface area contributed by atoms with Gasteiger partial charge in [-0.3, -0.25) is 4.90 Å². The molecule has 28 heavy (non-hydrogen) atoms. The average Bonchev–Trinajstić information content (AvgIpc) is 3.23. The SMILES string of the molecule is CCCNC/C=C/c1cccc(/C(=C/CN2CCCC2)c2ccc(C)cc2)n1. The molecule has 1 aromatic carbocycles. The molecule has 1 aliphatic heterocycles. The first kappa shape index (κ1) is 20.5. The summed E-state index contributed by atoms with van der Waals surface area (Å²) in [6, 6.07) is 15.1. The van der Waals surface area contributed by atoms with E-state index in [-0.39, 0.29) is 0 Å². The van der Waals surface area contributed by atoms with Crippen LogP contribution in [0.3, 0.4) is 0 Å². The standard InChI is InChI=1S/C25H33N3/c1-3-16-26-17-7-9-23-8-6-10-25(27-23)24(15-20-28-18-4-5-19-28)22-13-11-21(2)12-14-22/h6-15,26H,3-5,16-20H2,1-2H3/b9-7+,24-15+. The summed E-state index contributed by atoms with van der Waals surface area (Å²) >= 11 is 0. The number of hydrogen-bond acceptors (Lipinski definition) is 3. The summed E-state index contributed by atoms with van der Waals surface area (Å²) in [5.41, 5.74) is 5.81. The van der Waals surface area contributed by atoms with E-state index in [1.807, 2.05) is 0 Å². The Morgan fingerprint density at radius 3 is 2.64 bits per heavy atom. The van der Waals surface area contributed by atoms with E-state index in [4.69, 9.17) is 4.98 Å². The van der Waals surface area contributed by atoms with Crippen LogP contribution in [0.4, 0.5) is 0 Å². The summed E-state index contributed by atoms with van der Waals surface area (Å²) in [6.45, 7) is 9.66. The Hall–Kier alpha value is -2.23. The van der Waals surface area contributed by atoms with Crippen LogP contribution in [0.25, 0.3) is 11.6 Å². The van der Waals surface area contributed by atoms with Gasteiger partial charge in [0.2, 0.25) is 0 Å². The Labute approximate surface area is 170 Å². The van der Waals surface area contributed by atoms with Crippen molar-refractivity contribution in [2.75, 3.05) is 32.7 Å². The van der Waals surface area contributed by atoms with E-state index < -0.39 is 0 Å². The molecule has 1 aliphatic rings. The number of likely N-dealkylation sites (tertiary alicyclic amines) is 1. The molecule has 0 saturated carbocycles. The van der Waals surface area contributed by atoms with E-state index in [0.717, 1.165) is 37.4 Å². The average molecular weight is 376 g/mol. The molecule has 148 valence electrons. The number of benzene rings is 1. The lowest BCUT2D eigenvalue weighted by atomic mass is 10.00. The predicted molar refractivity (Wildman–Crippen MR) is 120 cm³/mol. The molecule has 3 heteroatoms. The van der Waals surface area contributed by atoms with Gasteiger partial charge in [-0.25, -0.2) is 4.98 Å². The summed E-state index contributed by atoms with van der Waals surface area (Å²) in [6.07, 6.45) is 10.4. The van der Waals surface area contributed by atoms with Crippen molar-refractivity contribution in [2.24, 2.45) is 0 Å². The summed E-state index contributed by atoms with van der Waals surface area (Å²) in [4.78, 5) is 7.46. The van der Waals surface area contributed by atoms with Gasteiger partial charge in [0.25, 0.3) is 0 Å². The maximum atomic E-state index is 4.93. The quantitative estimate of drug-likeness (QED) is 0.630. The van der Waals surface area contributed by atoms with Gasteiger partial charge < -0.3 is 5.32 Å². The minimum atomic E-state index is 0.884. The van der Waals surface area contributed by atoms with Gasteiger partial charge in [-0.05, 0) is 69.6 Å². The molecule has 0 aliphatic carbocycles. The molecule has 0 spiro atoms. The van der Waals surface area contributed by atoms with E-state index >= 15 is 0 Å². The highest BCUT2D eigenvalue weighted by Crippen LogP contribution is 2.23. The monoisotopic (exact) mass is 375 g/mol. The first-order valence-electron chi connectivity index (χ1n) is 10.6. The number of rotatable bonds is 9. The summed E-state index contributed by atoms with van der Waals surface area (Å²) in [5, 5.41) is 3.39. The number of aryl methyl sites for hydroxylation is 1. The molecule has 1 N–H and O–H groups in total. The zero-order valence-electron chi connectivity index (χ0n) is 17.3. The third-order valence-corrected chi connectivity index (χ3v) is 5.14. The van der Waals surface area contributed by atoms with Crippen LogP contribution in [0.15, 0.2) is 54.6 Å². The van der Waals surface area contributed by atoms with Crippen molar-refractivity contribution in [1.82, 2.24) is 15.2 Å². The molecule has 0 unspecified atom stereocenters. The Morgan fingerprint density at radius 2 is 1.89 bits per heavy atom. The van der Waals surface area contributed by atoms with Gasteiger partial charge in [0.1, 0.15) is 0 Å². The summed E-state index contributed by atoms with van der Waals surface area (Å²) < 4.78 is 0. The van der Waals surface area contributed by atoms with Crippen LogP contribution in [0, 0.1) is 6.92 Å². The molecule has 1 aromatic heterocycles. The van der Waals surface area contributed by atoms with E-state index in [1.54, 1.807) is 0 Å². The fourth-order valence-electron chi connectivity index (χ4n) is 3.53. The van der Waals surface area contributed by atoms with Crippen LogP contribution in [0.5, 0.6) is 0 Å². The van der Waals surface area contributed by atoms with Gasteiger partial charge in [-0.2, -0.15) is 0 Å². The molecule has 2 aromatic rings. The lowest BCUT2D eigenvalue weighted by Crippen LogP contribution is -2.19. The van der Waals surface area contributed by atoms with Crippen LogP contribution in [-0.4, -0.2) is 42.6 Å². The second-order valence-corrected chi connectivity index (χ2v) is 7.55. The van der Waals surface area contributed by atoms with Gasteiger partial charge in [0.05, 0.1) is 11.4 Å². The van der Waals surface area contributed by atoms with Crippen LogP contribution in [0.1, 0.15) is 48.7 Å². The Bertz CT molecular complexity index is 784. The molecule has 3 rings (SSSR count). The predicted octanol–water partition coefficient (Wildman–Crippen LogP) is 4.93. The van der Waals surface area contributed by atoms with E-state index in [2.05, 4.69) is 84.8 Å². The van der Waals surface area contributed by atoms with Crippen molar-refractivity contribution in [1.29, 1.82) is 0 Å². The fourth-order valence-corrected chi connectivity index (χ4v) is 3.53. The molecule has 0 atom stereocenters.